The minimum atomic E-state index is 0.0362. The van der Waals surface area contributed by atoms with E-state index in [4.69, 9.17) is 10.5 Å². The van der Waals surface area contributed by atoms with Crippen LogP contribution in [0.5, 0.6) is 0 Å². The minimum absolute atomic E-state index is 0.0362. The van der Waals surface area contributed by atoms with Crippen LogP contribution in [0, 0.1) is 0 Å². The minimum Gasteiger partial charge on any atom is -0.380 e. The summed E-state index contributed by atoms with van der Waals surface area (Å²) in [5.74, 6) is 0.0362. The van der Waals surface area contributed by atoms with Crippen molar-refractivity contribution in [1.29, 1.82) is 0 Å². The summed E-state index contributed by atoms with van der Waals surface area (Å²) in [6.07, 6.45) is 1.34. The van der Waals surface area contributed by atoms with Crippen LogP contribution in [0.3, 0.4) is 0 Å². The number of ether oxygens (including phenoxy) is 1. The molecule has 5 nitrogen and oxygen atoms in total. The maximum absolute atomic E-state index is 11.9. The summed E-state index contributed by atoms with van der Waals surface area (Å²) in [7, 11) is 2.04. The molecule has 118 valence electrons. The number of hydrogen-bond acceptors (Lipinski definition) is 4. The lowest BCUT2D eigenvalue weighted by molar-refractivity contribution is -0.116. The van der Waals surface area contributed by atoms with Crippen LogP contribution >= 0.6 is 0 Å². The standard InChI is InChI=1S/C16H27N3O2/c1-3-21-12-11-19(2)10-6-9-16(20)18-15-8-5-4-7-14(15)13-17/h4-5,7-8H,3,6,9-13,17H2,1-2H3,(H,18,20). The van der Waals surface area contributed by atoms with Crippen LogP contribution < -0.4 is 11.1 Å². The largest absolute Gasteiger partial charge is 0.380 e. The molecule has 5 heteroatoms. The van der Waals surface area contributed by atoms with Crippen molar-refractivity contribution in [2.24, 2.45) is 5.73 Å². The van der Waals surface area contributed by atoms with Gasteiger partial charge in [0.05, 0.1) is 6.61 Å². The molecule has 0 spiro atoms. The number of carbonyl (C=O) groups is 1. The average molecular weight is 293 g/mol. The van der Waals surface area contributed by atoms with E-state index in [1.54, 1.807) is 0 Å². The molecule has 0 saturated carbocycles. The van der Waals surface area contributed by atoms with Crippen LogP contribution in [-0.2, 0) is 16.1 Å². The zero-order chi connectivity index (χ0) is 15.5. The summed E-state index contributed by atoms with van der Waals surface area (Å²) < 4.78 is 5.30. The predicted molar refractivity (Wildman–Crippen MR) is 86.2 cm³/mol. The molecule has 0 aliphatic carbocycles. The molecule has 3 N–H and O–H groups in total. The summed E-state index contributed by atoms with van der Waals surface area (Å²) in [6.45, 7) is 5.69. The van der Waals surface area contributed by atoms with Crippen LogP contribution in [-0.4, -0.2) is 44.2 Å². The molecule has 1 amide bonds. The number of nitrogens with zero attached hydrogens (tertiary/aromatic N) is 1. The molecule has 0 saturated heterocycles. The van der Waals surface area contributed by atoms with Crippen molar-refractivity contribution in [2.45, 2.75) is 26.3 Å². The van der Waals surface area contributed by atoms with Gasteiger partial charge >= 0.3 is 0 Å². The highest BCUT2D eigenvalue weighted by molar-refractivity contribution is 5.91. The molecule has 0 radical (unpaired) electrons. The van der Waals surface area contributed by atoms with E-state index in [2.05, 4.69) is 10.2 Å². The van der Waals surface area contributed by atoms with E-state index in [9.17, 15) is 4.79 Å². The number of nitrogens with one attached hydrogen (secondary N) is 1. The molecule has 0 atom stereocenters. The van der Waals surface area contributed by atoms with Gasteiger partial charge in [0.25, 0.3) is 0 Å². The van der Waals surface area contributed by atoms with Gasteiger partial charge in [0.1, 0.15) is 0 Å². The Labute approximate surface area is 127 Å². The summed E-state index contributed by atoms with van der Waals surface area (Å²) in [4.78, 5) is 14.1. The fourth-order valence-electron chi connectivity index (χ4n) is 2.02. The molecule has 0 unspecified atom stereocenters. The monoisotopic (exact) mass is 293 g/mol. The lowest BCUT2D eigenvalue weighted by atomic mass is 10.1. The van der Waals surface area contributed by atoms with Gasteiger partial charge in [-0.3, -0.25) is 4.79 Å². The third-order valence-corrected chi connectivity index (χ3v) is 3.28. The van der Waals surface area contributed by atoms with Crippen molar-refractivity contribution in [1.82, 2.24) is 4.90 Å². The maximum atomic E-state index is 11.9. The van der Waals surface area contributed by atoms with E-state index in [0.29, 0.717) is 13.0 Å². The van der Waals surface area contributed by atoms with Crippen molar-refractivity contribution in [2.75, 3.05) is 38.7 Å². The summed E-state index contributed by atoms with van der Waals surface area (Å²) in [5.41, 5.74) is 7.43. The number of anilines is 1. The molecular formula is C16H27N3O2. The van der Waals surface area contributed by atoms with E-state index in [1.165, 1.54) is 0 Å². The first-order valence-electron chi connectivity index (χ1n) is 7.51. The number of nitrogens with two attached hydrogens (primary N) is 1. The van der Waals surface area contributed by atoms with Gasteiger partial charge in [-0.15, -0.1) is 0 Å². The SMILES string of the molecule is CCOCCN(C)CCCC(=O)Nc1ccccc1CN. The second kappa shape index (κ2) is 10.3. The second-order valence-electron chi connectivity index (χ2n) is 5.01. The fraction of sp³-hybridized carbons (Fsp3) is 0.562. The number of para-hydroxylation sites is 1. The fourth-order valence-corrected chi connectivity index (χ4v) is 2.02. The Morgan fingerprint density at radius 2 is 2.10 bits per heavy atom. The normalized spacial score (nSPS) is 10.9. The van der Waals surface area contributed by atoms with Crippen LogP contribution in [0.15, 0.2) is 24.3 Å². The van der Waals surface area contributed by atoms with E-state index < -0.39 is 0 Å². The molecule has 21 heavy (non-hydrogen) atoms. The lowest BCUT2D eigenvalue weighted by Crippen LogP contribution is -2.25. The highest BCUT2D eigenvalue weighted by atomic mass is 16.5. The quantitative estimate of drug-likeness (QED) is 0.646. The molecule has 0 aliphatic heterocycles. The average Bonchev–Trinajstić information content (AvgIpc) is 2.48. The van der Waals surface area contributed by atoms with Crippen molar-refractivity contribution < 1.29 is 9.53 Å². The topological polar surface area (TPSA) is 67.6 Å². The summed E-state index contributed by atoms with van der Waals surface area (Å²) in [5, 5.41) is 2.93. The Morgan fingerprint density at radius 1 is 1.33 bits per heavy atom. The first-order valence-corrected chi connectivity index (χ1v) is 7.51. The smallest absolute Gasteiger partial charge is 0.224 e. The zero-order valence-corrected chi connectivity index (χ0v) is 13.1. The molecule has 0 heterocycles. The molecule has 1 aromatic rings. The highest BCUT2D eigenvalue weighted by Crippen LogP contribution is 2.14. The van der Waals surface area contributed by atoms with Gasteiger partial charge in [-0.1, -0.05) is 18.2 Å². The van der Waals surface area contributed by atoms with Crippen molar-refractivity contribution in [3.05, 3.63) is 29.8 Å². The number of carbonyl (C=O) groups excluding carboxylic acids is 1. The molecule has 0 aromatic heterocycles. The molecular weight excluding hydrogens is 266 g/mol. The Bertz CT molecular complexity index is 424. The van der Waals surface area contributed by atoms with Crippen molar-refractivity contribution in [3.8, 4) is 0 Å². The van der Waals surface area contributed by atoms with E-state index in [1.807, 2.05) is 38.2 Å². The van der Waals surface area contributed by atoms with Gasteiger partial charge in [-0.25, -0.2) is 0 Å². The third kappa shape index (κ3) is 7.22. The van der Waals surface area contributed by atoms with Gasteiger partial charge in [0.2, 0.25) is 5.91 Å². The summed E-state index contributed by atoms with van der Waals surface area (Å²) >= 11 is 0. The Balaban J connectivity index is 2.25. The van der Waals surface area contributed by atoms with Gasteiger partial charge in [-0.05, 0) is 38.6 Å². The number of likely N-dealkylation sites (N-methyl/N-ethyl adjacent to an activating group) is 1. The number of hydrogen-bond donors (Lipinski definition) is 2. The highest BCUT2D eigenvalue weighted by Gasteiger charge is 2.06. The van der Waals surface area contributed by atoms with Crippen LogP contribution in [0.25, 0.3) is 0 Å². The molecule has 0 fully saturated rings. The first kappa shape index (κ1) is 17.6. The Morgan fingerprint density at radius 3 is 2.81 bits per heavy atom. The van der Waals surface area contributed by atoms with Gasteiger partial charge in [0.15, 0.2) is 0 Å². The lowest BCUT2D eigenvalue weighted by Gasteiger charge is -2.16. The van der Waals surface area contributed by atoms with Gasteiger partial charge < -0.3 is 20.7 Å². The second-order valence-corrected chi connectivity index (χ2v) is 5.01. The van der Waals surface area contributed by atoms with Crippen LogP contribution in [0.4, 0.5) is 5.69 Å². The van der Waals surface area contributed by atoms with E-state index >= 15 is 0 Å². The Kier molecular flexibility index (Phi) is 8.66. The van der Waals surface area contributed by atoms with E-state index in [0.717, 1.165) is 44.0 Å². The third-order valence-electron chi connectivity index (χ3n) is 3.28. The van der Waals surface area contributed by atoms with Gasteiger partial charge in [-0.2, -0.15) is 0 Å². The first-order chi connectivity index (χ1) is 10.2. The molecule has 0 bridgehead atoms. The summed E-state index contributed by atoms with van der Waals surface area (Å²) in [6, 6.07) is 7.63. The number of amides is 1. The molecule has 1 aromatic carbocycles. The van der Waals surface area contributed by atoms with Gasteiger partial charge in [0, 0.05) is 31.8 Å². The molecule has 1 rings (SSSR count). The van der Waals surface area contributed by atoms with E-state index in [-0.39, 0.29) is 5.91 Å². The van der Waals surface area contributed by atoms with Crippen molar-refractivity contribution in [3.63, 3.8) is 0 Å². The van der Waals surface area contributed by atoms with Crippen LogP contribution in [0.1, 0.15) is 25.3 Å². The van der Waals surface area contributed by atoms with Crippen LogP contribution in [0.2, 0.25) is 0 Å². The zero-order valence-electron chi connectivity index (χ0n) is 13.1. The predicted octanol–water partition coefficient (Wildman–Crippen LogP) is 1.83. The maximum Gasteiger partial charge on any atom is 0.224 e. The Hall–Kier alpha value is -1.43. The number of rotatable bonds is 10. The van der Waals surface area contributed by atoms with Crippen molar-refractivity contribution >= 4 is 11.6 Å². The molecule has 0 aliphatic rings. The number of benzene rings is 1.